The van der Waals surface area contributed by atoms with Crippen LogP contribution < -0.4 is 10.2 Å². The van der Waals surface area contributed by atoms with Crippen LogP contribution in [-0.2, 0) is 11.2 Å². The molecule has 2 atom stereocenters. The van der Waals surface area contributed by atoms with Gasteiger partial charge >= 0.3 is 0 Å². The molecule has 2 heterocycles. The number of nitrogens with one attached hydrogen (secondary N) is 1. The summed E-state index contributed by atoms with van der Waals surface area (Å²) >= 11 is 1.41. The highest BCUT2D eigenvalue weighted by atomic mass is 32.2. The second-order valence-corrected chi connectivity index (χ2v) is 8.08. The molecule has 4 rings (SSSR count). The third kappa shape index (κ3) is 3.25. The molecular weight excluding hydrogens is 356 g/mol. The Hall–Kier alpha value is -2.60. The van der Waals surface area contributed by atoms with E-state index in [4.69, 9.17) is 0 Å². The number of fused-ring (bicyclic) bond motifs is 2. The van der Waals surface area contributed by atoms with Crippen molar-refractivity contribution in [3.05, 3.63) is 54.1 Å². The van der Waals surface area contributed by atoms with Crippen molar-refractivity contribution in [2.45, 2.75) is 36.7 Å². The van der Waals surface area contributed by atoms with Gasteiger partial charge in [-0.1, -0.05) is 42.1 Å². The SMILES string of the molecule is CNc1nc(S[C@@H](C)C(=O)N2c3ccccc3C[C@@H]2C)nc2ccccc12. The van der Waals surface area contributed by atoms with E-state index in [0.29, 0.717) is 5.16 Å². The van der Waals surface area contributed by atoms with Gasteiger partial charge in [0.15, 0.2) is 5.16 Å². The fourth-order valence-corrected chi connectivity index (χ4v) is 4.43. The number of para-hydroxylation sites is 2. The predicted octanol–water partition coefficient (Wildman–Crippen LogP) is 4.13. The van der Waals surface area contributed by atoms with E-state index in [1.807, 2.05) is 61.3 Å². The molecule has 0 unspecified atom stereocenters. The van der Waals surface area contributed by atoms with Gasteiger partial charge in [0.1, 0.15) is 5.82 Å². The van der Waals surface area contributed by atoms with E-state index >= 15 is 0 Å². The van der Waals surface area contributed by atoms with Gasteiger partial charge < -0.3 is 10.2 Å². The minimum atomic E-state index is -0.274. The first-order valence-corrected chi connectivity index (χ1v) is 9.98. The highest BCUT2D eigenvalue weighted by molar-refractivity contribution is 8.00. The van der Waals surface area contributed by atoms with Crippen molar-refractivity contribution >= 4 is 40.1 Å². The smallest absolute Gasteiger partial charge is 0.240 e. The number of hydrogen-bond donors (Lipinski definition) is 1. The fourth-order valence-electron chi connectivity index (χ4n) is 3.60. The van der Waals surface area contributed by atoms with Crippen LogP contribution >= 0.6 is 11.8 Å². The van der Waals surface area contributed by atoms with E-state index in [1.54, 1.807) is 0 Å². The number of hydrogen-bond acceptors (Lipinski definition) is 5. The lowest BCUT2D eigenvalue weighted by Gasteiger charge is -2.25. The number of carbonyl (C=O) groups is 1. The van der Waals surface area contributed by atoms with Crippen molar-refractivity contribution in [3.8, 4) is 0 Å². The molecule has 1 aliphatic heterocycles. The summed E-state index contributed by atoms with van der Waals surface area (Å²) in [6.45, 7) is 4.03. The average molecular weight is 379 g/mol. The van der Waals surface area contributed by atoms with Gasteiger partial charge in [-0.25, -0.2) is 9.97 Å². The Morgan fingerprint density at radius 1 is 1.19 bits per heavy atom. The first kappa shape index (κ1) is 17.8. The zero-order valence-corrected chi connectivity index (χ0v) is 16.5. The van der Waals surface area contributed by atoms with Crippen LogP contribution in [0.1, 0.15) is 19.4 Å². The summed E-state index contributed by atoms with van der Waals surface area (Å²) in [5.74, 6) is 0.878. The van der Waals surface area contributed by atoms with Crippen LogP contribution in [0.25, 0.3) is 10.9 Å². The van der Waals surface area contributed by atoms with Gasteiger partial charge in [0, 0.05) is 24.2 Å². The number of carbonyl (C=O) groups excluding carboxylic acids is 1. The molecule has 27 heavy (non-hydrogen) atoms. The molecule has 138 valence electrons. The van der Waals surface area contributed by atoms with E-state index in [9.17, 15) is 4.79 Å². The molecule has 0 spiro atoms. The van der Waals surface area contributed by atoms with Crippen molar-refractivity contribution in [1.82, 2.24) is 9.97 Å². The fraction of sp³-hybridized carbons (Fsp3) is 0.286. The minimum Gasteiger partial charge on any atom is -0.372 e. The van der Waals surface area contributed by atoms with Crippen LogP contribution in [0, 0.1) is 0 Å². The number of aromatic nitrogens is 2. The summed E-state index contributed by atoms with van der Waals surface area (Å²) in [6, 6.07) is 16.2. The van der Waals surface area contributed by atoms with Crippen LogP contribution in [0.5, 0.6) is 0 Å². The summed E-state index contributed by atoms with van der Waals surface area (Å²) in [5, 5.41) is 4.44. The Bertz CT molecular complexity index is 1010. The number of benzene rings is 2. The summed E-state index contributed by atoms with van der Waals surface area (Å²) in [4.78, 5) is 24.3. The molecule has 1 aliphatic rings. The van der Waals surface area contributed by atoms with Gasteiger partial charge in [0.2, 0.25) is 5.91 Å². The third-order valence-corrected chi connectivity index (χ3v) is 5.84. The number of nitrogens with zero attached hydrogens (tertiary/aromatic N) is 3. The molecule has 0 radical (unpaired) electrons. The normalized spacial score (nSPS) is 17.0. The van der Waals surface area contributed by atoms with Crippen molar-refractivity contribution in [2.75, 3.05) is 17.3 Å². The maximum atomic E-state index is 13.2. The second-order valence-electron chi connectivity index (χ2n) is 6.77. The van der Waals surface area contributed by atoms with Gasteiger partial charge in [-0.05, 0) is 44.0 Å². The zero-order valence-electron chi connectivity index (χ0n) is 15.6. The Morgan fingerprint density at radius 2 is 1.93 bits per heavy atom. The van der Waals surface area contributed by atoms with Gasteiger partial charge in [0.05, 0.1) is 10.8 Å². The molecule has 2 aromatic carbocycles. The zero-order chi connectivity index (χ0) is 19.0. The molecule has 1 amide bonds. The Kier molecular flexibility index (Phi) is 4.74. The molecule has 1 N–H and O–H groups in total. The molecule has 0 bridgehead atoms. The van der Waals surface area contributed by atoms with Crippen molar-refractivity contribution in [1.29, 1.82) is 0 Å². The minimum absolute atomic E-state index is 0.0974. The second kappa shape index (κ2) is 7.19. The molecule has 1 aromatic heterocycles. The molecule has 0 fully saturated rings. The first-order valence-electron chi connectivity index (χ1n) is 9.10. The Morgan fingerprint density at radius 3 is 2.74 bits per heavy atom. The van der Waals surface area contributed by atoms with Crippen molar-refractivity contribution in [2.24, 2.45) is 0 Å². The van der Waals surface area contributed by atoms with Crippen LogP contribution in [0.3, 0.4) is 0 Å². The Labute approximate surface area is 163 Å². The van der Waals surface area contributed by atoms with E-state index in [1.165, 1.54) is 17.3 Å². The molecule has 6 heteroatoms. The van der Waals surface area contributed by atoms with Gasteiger partial charge in [-0.3, -0.25) is 4.79 Å². The highest BCUT2D eigenvalue weighted by Crippen LogP contribution is 2.35. The number of anilines is 2. The molecule has 3 aromatic rings. The largest absolute Gasteiger partial charge is 0.372 e. The maximum Gasteiger partial charge on any atom is 0.240 e. The van der Waals surface area contributed by atoms with E-state index in [0.717, 1.165) is 28.8 Å². The summed E-state index contributed by atoms with van der Waals surface area (Å²) in [7, 11) is 1.85. The molecule has 5 nitrogen and oxygen atoms in total. The lowest BCUT2D eigenvalue weighted by atomic mass is 10.1. The average Bonchev–Trinajstić information content (AvgIpc) is 3.02. The van der Waals surface area contributed by atoms with Gasteiger partial charge in [-0.2, -0.15) is 0 Å². The predicted molar refractivity (Wildman–Crippen MR) is 111 cm³/mol. The topological polar surface area (TPSA) is 58.1 Å². The highest BCUT2D eigenvalue weighted by Gasteiger charge is 2.33. The first-order chi connectivity index (χ1) is 13.1. The molecule has 0 saturated carbocycles. The van der Waals surface area contributed by atoms with Crippen LogP contribution in [0.4, 0.5) is 11.5 Å². The van der Waals surface area contributed by atoms with E-state index in [-0.39, 0.29) is 17.2 Å². The quantitative estimate of drug-likeness (QED) is 0.546. The van der Waals surface area contributed by atoms with Crippen LogP contribution in [-0.4, -0.2) is 34.2 Å². The Balaban J connectivity index is 1.60. The van der Waals surface area contributed by atoms with Crippen LogP contribution in [0.2, 0.25) is 0 Å². The van der Waals surface area contributed by atoms with Crippen molar-refractivity contribution in [3.63, 3.8) is 0 Å². The molecule has 0 saturated heterocycles. The number of thioether (sulfide) groups is 1. The lowest BCUT2D eigenvalue weighted by molar-refractivity contribution is -0.118. The van der Waals surface area contributed by atoms with E-state index in [2.05, 4.69) is 28.3 Å². The van der Waals surface area contributed by atoms with E-state index < -0.39 is 0 Å². The van der Waals surface area contributed by atoms with Crippen molar-refractivity contribution < 1.29 is 4.79 Å². The molecule has 0 aliphatic carbocycles. The standard InChI is InChI=1S/C21H22N4OS/c1-13-12-15-8-4-7-11-18(15)25(13)20(26)14(2)27-21-23-17-10-6-5-9-16(17)19(22-3)24-21/h4-11,13-14H,12H2,1-3H3,(H,22,23,24)/t13-,14-/m0/s1. The summed E-state index contributed by atoms with van der Waals surface area (Å²) < 4.78 is 0. The lowest BCUT2D eigenvalue weighted by Crippen LogP contribution is -2.40. The monoisotopic (exact) mass is 378 g/mol. The van der Waals surface area contributed by atoms with Gasteiger partial charge in [0.25, 0.3) is 0 Å². The number of rotatable bonds is 4. The van der Waals surface area contributed by atoms with Gasteiger partial charge in [-0.15, -0.1) is 0 Å². The maximum absolute atomic E-state index is 13.2. The summed E-state index contributed by atoms with van der Waals surface area (Å²) in [5.41, 5.74) is 3.13. The molecular formula is C21H22N4OS. The summed E-state index contributed by atoms with van der Waals surface area (Å²) in [6.07, 6.45) is 0.898. The number of amides is 1. The third-order valence-electron chi connectivity index (χ3n) is 4.89. The van der Waals surface area contributed by atoms with Crippen LogP contribution in [0.15, 0.2) is 53.7 Å².